The summed E-state index contributed by atoms with van der Waals surface area (Å²) in [6, 6.07) is 14.4. The van der Waals surface area contributed by atoms with Gasteiger partial charge in [0.05, 0.1) is 6.21 Å². The second-order valence-electron chi connectivity index (χ2n) is 7.12. The van der Waals surface area contributed by atoms with Crippen molar-refractivity contribution >= 4 is 29.2 Å². The Morgan fingerprint density at radius 3 is 2.48 bits per heavy atom. The zero-order valence-corrected chi connectivity index (χ0v) is 17.5. The maximum Gasteiger partial charge on any atom is 0.573 e. The largest absolute Gasteiger partial charge is 0.573 e. The van der Waals surface area contributed by atoms with Crippen LogP contribution in [0.25, 0.3) is 0 Å². The van der Waals surface area contributed by atoms with Crippen LogP contribution in [0.3, 0.4) is 0 Å². The average Bonchev–Trinajstić information content (AvgIpc) is 2.73. The summed E-state index contributed by atoms with van der Waals surface area (Å²) in [6.07, 6.45) is -1.28. The van der Waals surface area contributed by atoms with Crippen molar-refractivity contribution in [2.75, 3.05) is 18.0 Å². The van der Waals surface area contributed by atoms with E-state index < -0.39 is 6.36 Å². The van der Waals surface area contributed by atoms with Gasteiger partial charge in [-0.3, -0.25) is 5.43 Å². The van der Waals surface area contributed by atoms with E-state index in [1.165, 1.54) is 12.1 Å². The fourth-order valence-corrected chi connectivity index (χ4v) is 3.46. The number of benzene rings is 2. The first-order valence-corrected chi connectivity index (χ1v) is 10.2. The first kappa shape index (κ1) is 22.8. The molecule has 2 aromatic carbocycles. The van der Waals surface area contributed by atoms with Crippen molar-refractivity contribution in [3.8, 4) is 5.75 Å². The number of alkyl halides is 3. The van der Waals surface area contributed by atoms with Gasteiger partial charge in [0.2, 0.25) is 0 Å². The fourth-order valence-electron chi connectivity index (χ4n) is 3.41. The van der Waals surface area contributed by atoms with E-state index in [1.54, 1.807) is 18.3 Å². The lowest BCUT2D eigenvalue weighted by Crippen LogP contribution is -2.42. The Labute approximate surface area is 184 Å². The summed E-state index contributed by atoms with van der Waals surface area (Å²) in [5, 5.41) is 7.40. The van der Waals surface area contributed by atoms with Gasteiger partial charge in [-0.15, -0.1) is 13.2 Å². The van der Waals surface area contributed by atoms with E-state index in [1.807, 2.05) is 24.3 Å². The summed E-state index contributed by atoms with van der Waals surface area (Å²) in [6.45, 7) is 2.04. The van der Waals surface area contributed by atoms with Crippen LogP contribution in [0, 0.1) is 0 Å². The lowest BCUT2D eigenvalue weighted by molar-refractivity contribution is -0.274. The highest BCUT2D eigenvalue weighted by molar-refractivity contribution is 7.80. The molecule has 3 rings (SSSR count). The molecule has 0 spiro atoms. The van der Waals surface area contributed by atoms with Gasteiger partial charge in [-0.1, -0.05) is 30.3 Å². The normalized spacial score (nSPS) is 15.3. The van der Waals surface area contributed by atoms with Crippen LogP contribution in [0.15, 0.2) is 53.6 Å². The molecule has 0 bridgehead atoms. The Kier molecular flexibility index (Phi) is 7.69. The van der Waals surface area contributed by atoms with Crippen molar-refractivity contribution in [3.05, 3.63) is 59.7 Å². The zero-order chi connectivity index (χ0) is 22.3. The minimum absolute atomic E-state index is 0.112. The number of piperidine rings is 1. The molecule has 0 aromatic heterocycles. The van der Waals surface area contributed by atoms with Gasteiger partial charge in [0.15, 0.2) is 5.11 Å². The second kappa shape index (κ2) is 10.5. The fraction of sp³-hybridized carbons (Fsp3) is 0.333. The molecule has 31 heavy (non-hydrogen) atoms. The Balaban J connectivity index is 1.48. The number of hydrogen-bond donors (Lipinski definition) is 3. The highest BCUT2D eigenvalue weighted by Gasteiger charge is 2.32. The van der Waals surface area contributed by atoms with Crippen LogP contribution in [0.5, 0.6) is 5.75 Å². The maximum absolute atomic E-state index is 12.6. The molecular formula is C21H24F3N5OS. The van der Waals surface area contributed by atoms with Crippen LogP contribution in [0.1, 0.15) is 24.0 Å². The molecule has 0 unspecified atom stereocenters. The summed E-state index contributed by atoms with van der Waals surface area (Å²) in [5.41, 5.74) is 10.4. The molecule has 1 saturated heterocycles. The number of halogens is 3. The number of anilines is 1. The number of hydrogen-bond acceptors (Lipinski definition) is 5. The zero-order valence-electron chi connectivity index (χ0n) is 16.7. The van der Waals surface area contributed by atoms with Crippen LogP contribution in [-0.4, -0.2) is 36.8 Å². The summed E-state index contributed by atoms with van der Waals surface area (Å²) in [5.74, 6) is -0.160. The van der Waals surface area contributed by atoms with E-state index in [0.29, 0.717) is 12.1 Å². The standard InChI is InChI=1S/C21H24F3N5OS/c22-21(23,24)30-19-4-2-1-3-16(19)14-26-17-9-11-29(12-10-17)18-7-5-15(6-8-18)13-27-28-20(25)31/h1-8,13,17,26H,9-12,14H2,(H3,25,28,31)/b27-13+. The highest BCUT2D eigenvalue weighted by Crippen LogP contribution is 2.27. The summed E-state index contributed by atoms with van der Waals surface area (Å²) in [4.78, 5) is 2.28. The Morgan fingerprint density at radius 1 is 1.16 bits per heavy atom. The molecular weight excluding hydrogens is 427 g/mol. The third-order valence-corrected chi connectivity index (χ3v) is 5.01. The Morgan fingerprint density at radius 2 is 1.84 bits per heavy atom. The van der Waals surface area contributed by atoms with E-state index in [0.717, 1.165) is 37.2 Å². The van der Waals surface area contributed by atoms with Gasteiger partial charge in [0.1, 0.15) is 5.75 Å². The van der Waals surface area contributed by atoms with Gasteiger partial charge in [-0.25, -0.2) is 0 Å². The van der Waals surface area contributed by atoms with Gasteiger partial charge >= 0.3 is 6.36 Å². The minimum Gasteiger partial charge on any atom is -0.405 e. The molecule has 0 radical (unpaired) electrons. The molecule has 1 heterocycles. The quantitative estimate of drug-likeness (QED) is 0.340. The molecule has 1 aliphatic rings. The van der Waals surface area contributed by atoms with E-state index in [-0.39, 0.29) is 16.9 Å². The van der Waals surface area contributed by atoms with Gasteiger partial charge in [0, 0.05) is 36.9 Å². The first-order chi connectivity index (χ1) is 14.8. The monoisotopic (exact) mass is 451 g/mol. The molecule has 0 aliphatic carbocycles. The van der Waals surface area contributed by atoms with E-state index in [4.69, 9.17) is 18.0 Å². The average molecular weight is 452 g/mol. The maximum atomic E-state index is 12.6. The number of thiocarbonyl (C=S) groups is 1. The van der Waals surface area contributed by atoms with E-state index in [9.17, 15) is 13.2 Å². The van der Waals surface area contributed by atoms with Crippen molar-refractivity contribution in [2.45, 2.75) is 31.8 Å². The number of nitrogens with zero attached hydrogens (tertiary/aromatic N) is 2. The molecule has 0 amide bonds. The van der Waals surface area contributed by atoms with Crippen LogP contribution < -0.4 is 26.1 Å². The highest BCUT2D eigenvalue weighted by atomic mass is 32.1. The lowest BCUT2D eigenvalue weighted by atomic mass is 10.0. The third kappa shape index (κ3) is 7.41. The Hall–Kier alpha value is -2.85. The van der Waals surface area contributed by atoms with Crippen molar-refractivity contribution < 1.29 is 17.9 Å². The van der Waals surface area contributed by atoms with Crippen molar-refractivity contribution in [1.29, 1.82) is 0 Å². The smallest absolute Gasteiger partial charge is 0.405 e. The van der Waals surface area contributed by atoms with Crippen molar-refractivity contribution in [2.24, 2.45) is 10.8 Å². The second-order valence-corrected chi connectivity index (χ2v) is 7.56. The molecule has 6 nitrogen and oxygen atoms in total. The predicted octanol–water partition coefficient (Wildman–Crippen LogP) is 3.51. The van der Waals surface area contributed by atoms with Gasteiger partial charge in [0.25, 0.3) is 0 Å². The van der Waals surface area contributed by atoms with Crippen LogP contribution in [-0.2, 0) is 6.54 Å². The number of hydrazone groups is 1. The first-order valence-electron chi connectivity index (χ1n) is 9.81. The number of para-hydroxylation sites is 1. The molecule has 166 valence electrons. The topological polar surface area (TPSA) is 74.9 Å². The lowest BCUT2D eigenvalue weighted by Gasteiger charge is -2.34. The van der Waals surface area contributed by atoms with Crippen LogP contribution >= 0.6 is 12.2 Å². The van der Waals surface area contributed by atoms with Crippen LogP contribution in [0.4, 0.5) is 18.9 Å². The third-order valence-electron chi connectivity index (χ3n) is 4.92. The van der Waals surface area contributed by atoms with Crippen molar-refractivity contribution in [1.82, 2.24) is 10.7 Å². The molecule has 10 heteroatoms. The predicted molar refractivity (Wildman–Crippen MR) is 119 cm³/mol. The van der Waals surface area contributed by atoms with Gasteiger partial charge in [-0.2, -0.15) is 5.10 Å². The van der Waals surface area contributed by atoms with Gasteiger partial charge in [-0.05, 0) is 48.8 Å². The van der Waals surface area contributed by atoms with Crippen molar-refractivity contribution in [3.63, 3.8) is 0 Å². The van der Waals surface area contributed by atoms with E-state index >= 15 is 0 Å². The molecule has 0 atom stereocenters. The molecule has 4 N–H and O–H groups in total. The summed E-state index contributed by atoms with van der Waals surface area (Å²) in [7, 11) is 0. The number of ether oxygens (including phenoxy) is 1. The molecule has 2 aromatic rings. The molecule has 1 aliphatic heterocycles. The summed E-state index contributed by atoms with van der Waals surface area (Å²) < 4.78 is 41.8. The Bertz CT molecular complexity index is 897. The van der Waals surface area contributed by atoms with Gasteiger partial charge < -0.3 is 20.7 Å². The molecule has 0 saturated carbocycles. The molecule has 1 fully saturated rings. The minimum atomic E-state index is -4.70. The number of rotatable bonds is 7. The summed E-state index contributed by atoms with van der Waals surface area (Å²) >= 11 is 4.69. The van der Waals surface area contributed by atoms with E-state index in [2.05, 4.69) is 25.5 Å². The number of nitrogens with one attached hydrogen (secondary N) is 2. The number of nitrogens with two attached hydrogens (primary N) is 1. The van der Waals surface area contributed by atoms with Crippen LogP contribution in [0.2, 0.25) is 0 Å². The SMILES string of the molecule is NC(=S)N/N=C/c1ccc(N2CCC(NCc3ccccc3OC(F)(F)F)CC2)cc1.